The van der Waals surface area contributed by atoms with E-state index < -0.39 is 0 Å². The summed E-state index contributed by atoms with van der Waals surface area (Å²) in [6.07, 6.45) is 0. The van der Waals surface area contributed by atoms with Gasteiger partial charge in [0.25, 0.3) is 0 Å². The molecule has 2 heteroatoms. The Balaban J connectivity index is 3.12. The van der Waals surface area contributed by atoms with Gasteiger partial charge in [0, 0.05) is 6.92 Å². The number of ether oxygens (including phenoxy) is 1. The fraction of sp³-hybridized carbons (Fsp3) is 0.364. The lowest BCUT2D eigenvalue weighted by molar-refractivity contribution is -0.131. The van der Waals surface area contributed by atoms with Crippen molar-refractivity contribution in [1.29, 1.82) is 0 Å². The molecule has 0 spiro atoms. The molecule has 1 aromatic carbocycles. The highest BCUT2D eigenvalue weighted by Gasteiger charge is 2.05. The van der Waals surface area contributed by atoms with E-state index in [1.165, 1.54) is 6.92 Å². The molecule has 0 aromatic heterocycles. The Morgan fingerprint density at radius 1 is 1.38 bits per heavy atom. The van der Waals surface area contributed by atoms with E-state index in [9.17, 15) is 4.79 Å². The molecule has 0 unspecified atom stereocenters. The largest absolute Gasteiger partial charge is 0.426 e. The van der Waals surface area contributed by atoms with Gasteiger partial charge in [-0.1, -0.05) is 0 Å². The van der Waals surface area contributed by atoms with E-state index in [2.05, 4.69) is 6.07 Å². The van der Waals surface area contributed by atoms with Crippen LogP contribution in [0.1, 0.15) is 23.6 Å². The van der Waals surface area contributed by atoms with Crippen molar-refractivity contribution in [2.45, 2.75) is 27.7 Å². The highest BCUT2D eigenvalue weighted by Crippen LogP contribution is 2.22. The van der Waals surface area contributed by atoms with Crippen LogP contribution in [0.2, 0.25) is 0 Å². The Labute approximate surface area is 78.5 Å². The van der Waals surface area contributed by atoms with Crippen LogP contribution in [0.15, 0.2) is 6.07 Å². The first-order valence-electron chi connectivity index (χ1n) is 4.19. The van der Waals surface area contributed by atoms with Crippen LogP contribution in [0.25, 0.3) is 0 Å². The highest BCUT2D eigenvalue weighted by molar-refractivity contribution is 5.70. The molecular weight excluding hydrogens is 164 g/mol. The summed E-state index contributed by atoms with van der Waals surface area (Å²) in [5, 5.41) is 0. The molecule has 0 aliphatic rings. The van der Waals surface area contributed by atoms with Crippen LogP contribution in [0.3, 0.4) is 0 Å². The van der Waals surface area contributed by atoms with E-state index in [1.807, 2.05) is 26.8 Å². The first-order valence-corrected chi connectivity index (χ1v) is 4.19. The van der Waals surface area contributed by atoms with Gasteiger partial charge in [0.2, 0.25) is 0 Å². The van der Waals surface area contributed by atoms with Crippen LogP contribution in [-0.4, -0.2) is 5.97 Å². The molecule has 0 bridgehead atoms. The molecule has 0 atom stereocenters. The lowest BCUT2D eigenvalue weighted by Crippen LogP contribution is -2.03. The third-order valence-corrected chi connectivity index (χ3v) is 1.92. The quantitative estimate of drug-likeness (QED) is 0.486. The molecule has 1 aromatic rings. The third-order valence-electron chi connectivity index (χ3n) is 1.92. The average Bonchev–Trinajstić information content (AvgIpc) is 1.98. The molecule has 69 valence electrons. The summed E-state index contributed by atoms with van der Waals surface area (Å²) in [6, 6.07) is 4.98. The predicted octanol–water partition coefficient (Wildman–Crippen LogP) is 2.34. The Bertz CT molecular complexity index is 340. The zero-order chi connectivity index (χ0) is 10.0. The number of aryl methyl sites for hydroxylation is 2. The minimum Gasteiger partial charge on any atom is -0.426 e. The molecule has 0 aliphatic carbocycles. The van der Waals surface area contributed by atoms with Gasteiger partial charge in [-0.2, -0.15) is 0 Å². The molecule has 0 saturated heterocycles. The zero-order valence-electron chi connectivity index (χ0n) is 8.39. The van der Waals surface area contributed by atoms with Crippen molar-refractivity contribution >= 4 is 5.97 Å². The minimum absolute atomic E-state index is 0.284. The van der Waals surface area contributed by atoms with Crippen molar-refractivity contribution in [3.63, 3.8) is 0 Å². The monoisotopic (exact) mass is 177 g/mol. The molecule has 0 aliphatic heterocycles. The number of benzene rings is 1. The second-order valence-corrected chi connectivity index (χ2v) is 3.16. The second kappa shape index (κ2) is 3.60. The maximum Gasteiger partial charge on any atom is 0.308 e. The van der Waals surface area contributed by atoms with Gasteiger partial charge in [0.15, 0.2) is 0 Å². The predicted molar refractivity (Wildman–Crippen MR) is 50.8 cm³/mol. The van der Waals surface area contributed by atoms with Crippen LogP contribution in [0.4, 0.5) is 0 Å². The number of rotatable bonds is 1. The van der Waals surface area contributed by atoms with Crippen LogP contribution in [0.5, 0.6) is 5.75 Å². The van der Waals surface area contributed by atoms with E-state index in [1.54, 1.807) is 0 Å². The number of hydrogen-bond acceptors (Lipinski definition) is 2. The molecule has 1 radical (unpaired) electrons. The summed E-state index contributed by atoms with van der Waals surface area (Å²) in [7, 11) is 0. The topological polar surface area (TPSA) is 26.3 Å². The first kappa shape index (κ1) is 9.78. The molecule has 0 fully saturated rings. The van der Waals surface area contributed by atoms with Gasteiger partial charge in [0.1, 0.15) is 5.75 Å². The molecule has 1 rings (SSSR count). The highest BCUT2D eigenvalue weighted by atomic mass is 16.5. The SMILES string of the molecule is CC(=O)Oc1cc(C)[c]c(C)c1C. The van der Waals surface area contributed by atoms with E-state index in [4.69, 9.17) is 4.74 Å². The maximum atomic E-state index is 10.8. The average molecular weight is 177 g/mol. The van der Waals surface area contributed by atoms with Crippen LogP contribution in [-0.2, 0) is 4.79 Å². The van der Waals surface area contributed by atoms with Crippen molar-refractivity contribution in [2.24, 2.45) is 0 Å². The third kappa shape index (κ3) is 2.31. The van der Waals surface area contributed by atoms with Gasteiger partial charge in [-0.05, 0) is 49.6 Å². The van der Waals surface area contributed by atoms with E-state index >= 15 is 0 Å². The van der Waals surface area contributed by atoms with E-state index in [0.717, 1.165) is 16.7 Å². The smallest absolute Gasteiger partial charge is 0.308 e. The minimum atomic E-state index is -0.284. The molecule has 2 nitrogen and oxygen atoms in total. The Hall–Kier alpha value is -1.31. The molecule has 0 heterocycles. The zero-order valence-corrected chi connectivity index (χ0v) is 8.39. The molecule has 0 amide bonds. The summed E-state index contributed by atoms with van der Waals surface area (Å²) in [4.78, 5) is 10.8. The summed E-state index contributed by atoms with van der Waals surface area (Å²) < 4.78 is 5.05. The van der Waals surface area contributed by atoms with Gasteiger partial charge >= 0.3 is 5.97 Å². The maximum absolute atomic E-state index is 10.8. The van der Waals surface area contributed by atoms with Gasteiger partial charge in [-0.15, -0.1) is 0 Å². The van der Waals surface area contributed by atoms with Gasteiger partial charge < -0.3 is 4.74 Å². The summed E-state index contributed by atoms with van der Waals surface area (Å²) in [5.41, 5.74) is 2.98. The van der Waals surface area contributed by atoms with E-state index in [0.29, 0.717) is 5.75 Å². The van der Waals surface area contributed by atoms with Crippen molar-refractivity contribution < 1.29 is 9.53 Å². The van der Waals surface area contributed by atoms with Crippen molar-refractivity contribution in [1.82, 2.24) is 0 Å². The van der Waals surface area contributed by atoms with Crippen LogP contribution >= 0.6 is 0 Å². The van der Waals surface area contributed by atoms with Crippen molar-refractivity contribution in [3.8, 4) is 5.75 Å². The van der Waals surface area contributed by atoms with E-state index in [-0.39, 0.29) is 5.97 Å². The summed E-state index contributed by atoms with van der Waals surface area (Å²) in [6.45, 7) is 7.21. The Morgan fingerprint density at radius 3 is 2.54 bits per heavy atom. The summed E-state index contributed by atoms with van der Waals surface area (Å²) >= 11 is 0. The first-order chi connectivity index (χ1) is 6.00. The van der Waals surface area contributed by atoms with Crippen LogP contribution in [0, 0.1) is 26.8 Å². The number of esters is 1. The fourth-order valence-electron chi connectivity index (χ4n) is 1.18. The Morgan fingerprint density at radius 2 is 2.00 bits per heavy atom. The number of carbonyl (C=O) groups is 1. The second-order valence-electron chi connectivity index (χ2n) is 3.16. The van der Waals surface area contributed by atoms with Crippen molar-refractivity contribution in [3.05, 3.63) is 28.8 Å². The van der Waals surface area contributed by atoms with Gasteiger partial charge in [0.05, 0.1) is 0 Å². The molecular formula is C11H13O2. The standard InChI is InChI=1S/C11H13O2/c1-7-5-8(2)9(3)11(6-7)13-10(4)12/h6H,1-4H3. The van der Waals surface area contributed by atoms with Crippen LogP contribution < -0.4 is 4.74 Å². The summed E-state index contributed by atoms with van der Waals surface area (Å²) in [5.74, 6) is 0.356. The molecule has 0 saturated carbocycles. The fourth-order valence-corrected chi connectivity index (χ4v) is 1.18. The lowest BCUT2D eigenvalue weighted by Gasteiger charge is -2.08. The molecule has 0 N–H and O–H groups in total. The Kier molecular flexibility index (Phi) is 2.71. The van der Waals surface area contributed by atoms with Crippen molar-refractivity contribution in [2.75, 3.05) is 0 Å². The lowest BCUT2D eigenvalue weighted by atomic mass is 10.1. The van der Waals surface area contributed by atoms with Gasteiger partial charge in [-0.3, -0.25) is 4.79 Å². The van der Waals surface area contributed by atoms with Gasteiger partial charge in [-0.25, -0.2) is 0 Å². The molecule has 13 heavy (non-hydrogen) atoms. The number of carbonyl (C=O) groups excluding carboxylic acids is 1. The number of hydrogen-bond donors (Lipinski definition) is 0. The normalized spacial score (nSPS) is 9.85.